The van der Waals surface area contributed by atoms with Gasteiger partial charge in [-0.05, 0) is 53.1 Å². The number of rotatable bonds is 6. The van der Waals surface area contributed by atoms with Gasteiger partial charge in [0.25, 0.3) is 0 Å². The molecule has 1 aliphatic heterocycles. The second kappa shape index (κ2) is 8.07. The Bertz CT molecular complexity index is 435. The number of carbonyl (C=O) groups is 1. The molecule has 2 rings (SSSR count). The Balaban J connectivity index is 1.98. The maximum atomic E-state index is 12.1. The van der Waals surface area contributed by atoms with Crippen molar-refractivity contribution in [1.29, 1.82) is 0 Å². The first-order valence-electron chi connectivity index (χ1n) is 6.79. The predicted octanol–water partition coefficient (Wildman–Crippen LogP) is 2.35. The Morgan fingerprint density at radius 1 is 1.65 bits per heavy atom. The quantitative estimate of drug-likeness (QED) is 0.787. The molecule has 1 saturated heterocycles. The van der Waals surface area contributed by atoms with E-state index in [0.29, 0.717) is 26.4 Å². The van der Waals surface area contributed by atoms with Gasteiger partial charge in [-0.25, -0.2) is 0 Å². The summed E-state index contributed by atoms with van der Waals surface area (Å²) < 4.78 is 15.7. The number of esters is 1. The van der Waals surface area contributed by atoms with Gasteiger partial charge in [-0.15, -0.1) is 0 Å². The van der Waals surface area contributed by atoms with Crippen LogP contribution in [0.5, 0.6) is 0 Å². The molecule has 0 spiro atoms. The molecule has 1 atom stereocenters. The third-order valence-corrected chi connectivity index (χ3v) is 4.96. The maximum Gasteiger partial charge on any atom is 0.323 e. The average Bonchev–Trinajstić information content (AvgIpc) is 2.86. The zero-order valence-electron chi connectivity index (χ0n) is 11.4. The minimum Gasteiger partial charge on any atom is -0.465 e. The third-order valence-electron chi connectivity index (χ3n) is 3.38. The largest absolute Gasteiger partial charge is 0.465 e. The van der Waals surface area contributed by atoms with E-state index in [9.17, 15) is 4.79 Å². The lowest BCUT2D eigenvalue weighted by atomic mass is 9.91. The molecule has 0 aliphatic carbocycles. The summed E-state index contributed by atoms with van der Waals surface area (Å²) in [5, 5.41) is 3.32. The molecule has 0 bridgehead atoms. The summed E-state index contributed by atoms with van der Waals surface area (Å²) >= 11 is 4.86. The highest BCUT2D eigenvalue weighted by Crippen LogP contribution is 2.23. The summed E-state index contributed by atoms with van der Waals surface area (Å²) in [5.41, 5.74) is 1.07. The smallest absolute Gasteiger partial charge is 0.323 e. The predicted molar refractivity (Wildman–Crippen MR) is 80.6 cm³/mol. The molecule has 1 unspecified atom stereocenters. The van der Waals surface area contributed by atoms with Crippen LogP contribution in [0.2, 0.25) is 0 Å². The number of halogens is 1. The van der Waals surface area contributed by atoms with Gasteiger partial charge in [-0.2, -0.15) is 4.37 Å². The third kappa shape index (κ3) is 4.25. The lowest BCUT2D eigenvalue weighted by Gasteiger charge is -2.29. The zero-order valence-corrected chi connectivity index (χ0v) is 13.8. The molecule has 2 heterocycles. The molecule has 1 fully saturated rings. The van der Waals surface area contributed by atoms with Crippen LogP contribution in [0.25, 0.3) is 0 Å². The van der Waals surface area contributed by atoms with Gasteiger partial charge in [-0.1, -0.05) is 0 Å². The number of carbonyl (C=O) groups excluding carboxylic acids is 1. The molecule has 1 aromatic rings. The van der Waals surface area contributed by atoms with Gasteiger partial charge in [0.15, 0.2) is 0 Å². The molecule has 1 N–H and O–H groups in total. The van der Waals surface area contributed by atoms with Crippen LogP contribution in [0.15, 0.2) is 9.98 Å². The zero-order chi connectivity index (χ0) is 14.4. The van der Waals surface area contributed by atoms with Crippen LogP contribution in [0, 0.1) is 5.92 Å². The van der Waals surface area contributed by atoms with Crippen molar-refractivity contribution in [2.75, 3.05) is 19.8 Å². The molecule has 7 heteroatoms. The summed E-state index contributed by atoms with van der Waals surface area (Å²) in [7, 11) is 0. The van der Waals surface area contributed by atoms with E-state index in [1.165, 1.54) is 11.5 Å². The fourth-order valence-electron chi connectivity index (χ4n) is 2.30. The monoisotopic (exact) mass is 362 g/mol. The van der Waals surface area contributed by atoms with Gasteiger partial charge in [0.2, 0.25) is 0 Å². The summed E-state index contributed by atoms with van der Waals surface area (Å²) in [5.74, 6) is 0.104. The van der Waals surface area contributed by atoms with E-state index in [4.69, 9.17) is 9.47 Å². The van der Waals surface area contributed by atoms with E-state index in [1.54, 1.807) is 0 Å². The first-order valence-corrected chi connectivity index (χ1v) is 8.35. The van der Waals surface area contributed by atoms with E-state index in [-0.39, 0.29) is 17.9 Å². The molecular weight excluding hydrogens is 344 g/mol. The van der Waals surface area contributed by atoms with Crippen LogP contribution < -0.4 is 5.32 Å². The minimum absolute atomic E-state index is 0.168. The van der Waals surface area contributed by atoms with Crippen LogP contribution in [0.4, 0.5) is 0 Å². The van der Waals surface area contributed by atoms with E-state index < -0.39 is 0 Å². The molecule has 5 nitrogen and oxygen atoms in total. The standard InChI is InChI=1S/C13H19BrN2O3S/c1-2-19-13(17)11(9-3-5-18-6-4-9)15-7-10-8-16-20-12(10)14/h8-9,11,15H,2-7H2,1H3. The summed E-state index contributed by atoms with van der Waals surface area (Å²) in [4.78, 5) is 12.1. The molecular formula is C13H19BrN2O3S. The van der Waals surface area contributed by atoms with Crippen molar-refractivity contribution in [2.45, 2.75) is 32.4 Å². The van der Waals surface area contributed by atoms with Crippen molar-refractivity contribution in [2.24, 2.45) is 5.92 Å². The molecule has 20 heavy (non-hydrogen) atoms. The van der Waals surface area contributed by atoms with Gasteiger partial charge in [0.05, 0.1) is 10.4 Å². The molecule has 112 valence electrons. The molecule has 0 aromatic carbocycles. The molecule has 0 saturated carbocycles. The van der Waals surface area contributed by atoms with Gasteiger partial charge in [-0.3, -0.25) is 10.1 Å². The van der Waals surface area contributed by atoms with Gasteiger partial charge in [0.1, 0.15) is 6.04 Å². The first-order chi connectivity index (χ1) is 9.72. The molecule has 0 radical (unpaired) electrons. The van der Waals surface area contributed by atoms with Crippen LogP contribution in [0.1, 0.15) is 25.3 Å². The number of hydrogen-bond acceptors (Lipinski definition) is 6. The normalized spacial score (nSPS) is 17.9. The molecule has 1 aliphatic rings. The highest BCUT2D eigenvalue weighted by molar-refractivity contribution is 9.11. The van der Waals surface area contributed by atoms with Crippen molar-refractivity contribution in [3.63, 3.8) is 0 Å². The number of hydrogen-bond donors (Lipinski definition) is 1. The van der Waals surface area contributed by atoms with Crippen molar-refractivity contribution < 1.29 is 14.3 Å². The Hall–Kier alpha value is -0.500. The Morgan fingerprint density at radius 2 is 2.40 bits per heavy atom. The minimum atomic E-state index is -0.273. The van der Waals surface area contributed by atoms with Crippen LogP contribution in [-0.4, -0.2) is 36.2 Å². The van der Waals surface area contributed by atoms with Crippen molar-refractivity contribution in [3.8, 4) is 0 Å². The van der Waals surface area contributed by atoms with Crippen LogP contribution >= 0.6 is 27.5 Å². The SMILES string of the molecule is CCOC(=O)C(NCc1cnsc1Br)C1CCOCC1. The fraction of sp³-hybridized carbons (Fsp3) is 0.692. The average molecular weight is 363 g/mol. The summed E-state index contributed by atoms with van der Waals surface area (Å²) in [6, 6.07) is -0.273. The van der Waals surface area contributed by atoms with Gasteiger partial charge < -0.3 is 9.47 Å². The van der Waals surface area contributed by atoms with Crippen molar-refractivity contribution in [3.05, 3.63) is 15.5 Å². The Morgan fingerprint density at radius 3 is 3.00 bits per heavy atom. The van der Waals surface area contributed by atoms with E-state index in [1.807, 2.05) is 13.1 Å². The van der Waals surface area contributed by atoms with Crippen LogP contribution in [-0.2, 0) is 20.8 Å². The lowest BCUT2D eigenvalue weighted by molar-refractivity contribution is -0.148. The highest BCUT2D eigenvalue weighted by Gasteiger charge is 2.30. The Kier molecular flexibility index (Phi) is 6.41. The number of nitrogens with zero attached hydrogens (tertiary/aromatic N) is 1. The number of aromatic nitrogens is 1. The maximum absolute atomic E-state index is 12.1. The van der Waals surface area contributed by atoms with E-state index in [2.05, 4.69) is 25.6 Å². The van der Waals surface area contributed by atoms with E-state index >= 15 is 0 Å². The summed E-state index contributed by atoms with van der Waals surface area (Å²) in [6.45, 7) is 4.28. The second-order valence-corrected chi connectivity index (χ2v) is 6.80. The van der Waals surface area contributed by atoms with Crippen molar-refractivity contribution >= 4 is 33.4 Å². The van der Waals surface area contributed by atoms with Crippen molar-refractivity contribution in [1.82, 2.24) is 9.69 Å². The fourth-order valence-corrected chi connectivity index (χ4v) is 3.31. The van der Waals surface area contributed by atoms with Crippen LogP contribution in [0.3, 0.4) is 0 Å². The number of nitrogens with one attached hydrogen (secondary N) is 1. The second-order valence-electron chi connectivity index (χ2n) is 4.69. The van der Waals surface area contributed by atoms with Gasteiger partial charge in [0, 0.05) is 31.5 Å². The molecule has 1 aromatic heterocycles. The summed E-state index contributed by atoms with van der Waals surface area (Å²) in [6.07, 6.45) is 3.59. The van der Waals surface area contributed by atoms with Gasteiger partial charge >= 0.3 is 5.97 Å². The highest BCUT2D eigenvalue weighted by atomic mass is 79.9. The first kappa shape index (κ1) is 15.9. The topological polar surface area (TPSA) is 60.5 Å². The Labute approximate surface area is 131 Å². The molecule has 0 amide bonds. The lowest BCUT2D eigenvalue weighted by Crippen LogP contribution is -2.45. The van der Waals surface area contributed by atoms with E-state index in [0.717, 1.165) is 22.2 Å². The number of ether oxygens (including phenoxy) is 2.